The second-order valence-electron chi connectivity index (χ2n) is 5.49. The number of carboxylic acids is 1. The SMILES string of the molecule is CC(OCc1ccccc1)C(=O)N[C@@H]1CC[C@H](C(=O)O)C1. The number of nitrogens with one attached hydrogen (secondary N) is 1. The molecule has 1 unspecified atom stereocenters. The maximum Gasteiger partial charge on any atom is 0.306 e. The molecule has 0 aromatic heterocycles. The fraction of sp³-hybridized carbons (Fsp3) is 0.500. The van der Waals surface area contributed by atoms with Gasteiger partial charge in [-0.1, -0.05) is 30.3 Å². The van der Waals surface area contributed by atoms with Gasteiger partial charge in [-0.3, -0.25) is 9.59 Å². The number of aliphatic carboxylic acids is 1. The van der Waals surface area contributed by atoms with Crippen molar-refractivity contribution in [1.29, 1.82) is 0 Å². The van der Waals surface area contributed by atoms with Crippen molar-refractivity contribution in [2.75, 3.05) is 0 Å². The Balaban J connectivity index is 1.74. The van der Waals surface area contributed by atoms with E-state index in [0.29, 0.717) is 25.9 Å². The van der Waals surface area contributed by atoms with Crippen LogP contribution in [0.3, 0.4) is 0 Å². The molecule has 0 radical (unpaired) electrons. The van der Waals surface area contributed by atoms with Gasteiger partial charge < -0.3 is 15.2 Å². The normalized spacial score (nSPS) is 22.7. The molecule has 2 rings (SSSR count). The van der Waals surface area contributed by atoms with E-state index in [1.807, 2.05) is 30.3 Å². The van der Waals surface area contributed by atoms with Gasteiger partial charge in [0.1, 0.15) is 6.10 Å². The molecule has 5 nitrogen and oxygen atoms in total. The van der Waals surface area contributed by atoms with Crippen LogP contribution in [0.4, 0.5) is 0 Å². The van der Waals surface area contributed by atoms with Crippen LogP contribution in [0.5, 0.6) is 0 Å². The molecule has 1 amide bonds. The van der Waals surface area contributed by atoms with E-state index in [1.54, 1.807) is 6.92 Å². The Morgan fingerprint density at radius 2 is 2.05 bits per heavy atom. The van der Waals surface area contributed by atoms with Crippen molar-refractivity contribution in [2.24, 2.45) is 5.92 Å². The zero-order valence-electron chi connectivity index (χ0n) is 12.1. The Morgan fingerprint density at radius 3 is 2.67 bits per heavy atom. The van der Waals surface area contributed by atoms with E-state index in [1.165, 1.54) is 0 Å². The van der Waals surface area contributed by atoms with Crippen molar-refractivity contribution in [1.82, 2.24) is 5.32 Å². The van der Waals surface area contributed by atoms with E-state index < -0.39 is 12.1 Å². The predicted molar refractivity (Wildman–Crippen MR) is 77.6 cm³/mol. The summed E-state index contributed by atoms with van der Waals surface area (Å²) in [5.74, 6) is -1.29. The molecule has 1 aliphatic carbocycles. The Morgan fingerprint density at radius 1 is 1.33 bits per heavy atom. The predicted octanol–water partition coefficient (Wildman–Crippen LogP) is 1.96. The monoisotopic (exact) mass is 291 g/mol. The van der Waals surface area contributed by atoms with Crippen molar-refractivity contribution in [3.63, 3.8) is 0 Å². The zero-order valence-corrected chi connectivity index (χ0v) is 12.1. The highest BCUT2D eigenvalue weighted by Crippen LogP contribution is 2.25. The first-order valence-electron chi connectivity index (χ1n) is 7.25. The van der Waals surface area contributed by atoms with Gasteiger partial charge in [0.15, 0.2) is 0 Å². The van der Waals surface area contributed by atoms with Crippen LogP contribution < -0.4 is 5.32 Å². The summed E-state index contributed by atoms with van der Waals surface area (Å²) in [5, 5.41) is 11.8. The number of hydrogen-bond donors (Lipinski definition) is 2. The zero-order chi connectivity index (χ0) is 15.2. The minimum Gasteiger partial charge on any atom is -0.481 e. The van der Waals surface area contributed by atoms with Crippen molar-refractivity contribution in [3.05, 3.63) is 35.9 Å². The molecule has 2 N–H and O–H groups in total. The van der Waals surface area contributed by atoms with Gasteiger partial charge in [-0.2, -0.15) is 0 Å². The van der Waals surface area contributed by atoms with E-state index in [0.717, 1.165) is 5.56 Å². The summed E-state index contributed by atoms with van der Waals surface area (Å²) in [6, 6.07) is 9.61. The molecule has 0 saturated heterocycles. The van der Waals surface area contributed by atoms with E-state index in [4.69, 9.17) is 9.84 Å². The first-order valence-corrected chi connectivity index (χ1v) is 7.25. The third-order valence-electron chi connectivity index (χ3n) is 3.84. The van der Waals surface area contributed by atoms with Gasteiger partial charge >= 0.3 is 5.97 Å². The van der Waals surface area contributed by atoms with Crippen molar-refractivity contribution in [2.45, 2.75) is 44.9 Å². The Bertz CT molecular complexity index is 488. The molecule has 1 fully saturated rings. The Labute approximate surface area is 124 Å². The van der Waals surface area contributed by atoms with Gasteiger partial charge in [-0.15, -0.1) is 0 Å². The fourth-order valence-corrected chi connectivity index (χ4v) is 2.53. The lowest BCUT2D eigenvalue weighted by molar-refractivity contribution is -0.141. The lowest BCUT2D eigenvalue weighted by atomic mass is 10.1. The first kappa shape index (κ1) is 15.5. The van der Waals surface area contributed by atoms with Crippen LogP contribution in [-0.2, 0) is 20.9 Å². The number of carbonyl (C=O) groups is 2. The Hall–Kier alpha value is -1.88. The van der Waals surface area contributed by atoms with E-state index in [9.17, 15) is 9.59 Å². The highest BCUT2D eigenvalue weighted by atomic mass is 16.5. The highest BCUT2D eigenvalue weighted by molar-refractivity contribution is 5.80. The number of amides is 1. The van der Waals surface area contributed by atoms with Crippen LogP contribution in [0.2, 0.25) is 0 Å². The highest BCUT2D eigenvalue weighted by Gasteiger charge is 2.31. The van der Waals surface area contributed by atoms with Gasteiger partial charge in [-0.05, 0) is 31.7 Å². The van der Waals surface area contributed by atoms with Gasteiger partial charge in [0.2, 0.25) is 5.91 Å². The summed E-state index contributed by atoms with van der Waals surface area (Å²) < 4.78 is 5.55. The average Bonchev–Trinajstić information content (AvgIpc) is 2.94. The van der Waals surface area contributed by atoms with Crippen LogP contribution >= 0.6 is 0 Å². The second kappa shape index (κ2) is 7.22. The smallest absolute Gasteiger partial charge is 0.306 e. The molecule has 5 heteroatoms. The maximum atomic E-state index is 12.0. The Kier molecular flexibility index (Phi) is 5.33. The summed E-state index contributed by atoms with van der Waals surface area (Å²) in [6.45, 7) is 2.10. The minimum atomic E-state index is -0.778. The summed E-state index contributed by atoms with van der Waals surface area (Å²) >= 11 is 0. The summed E-state index contributed by atoms with van der Waals surface area (Å²) in [4.78, 5) is 22.9. The average molecular weight is 291 g/mol. The third-order valence-corrected chi connectivity index (χ3v) is 3.84. The molecule has 0 aliphatic heterocycles. The molecule has 0 bridgehead atoms. The minimum absolute atomic E-state index is 0.0543. The number of ether oxygens (including phenoxy) is 1. The van der Waals surface area contributed by atoms with E-state index >= 15 is 0 Å². The molecular weight excluding hydrogens is 270 g/mol. The molecule has 0 heterocycles. The van der Waals surface area contributed by atoms with Gasteiger partial charge in [0.25, 0.3) is 0 Å². The van der Waals surface area contributed by atoms with Crippen molar-refractivity contribution in [3.8, 4) is 0 Å². The molecule has 1 saturated carbocycles. The fourth-order valence-electron chi connectivity index (χ4n) is 2.53. The van der Waals surface area contributed by atoms with E-state index in [-0.39, 0.29) is 17.9 Å². The largest absolute Gasteiger partial charge is 0.481 e. The quantitative estimate of drug-likeness (QED) is 0.840. The second-order valence-corrected chi connectivity index (χ2v) is 5.49. The van der Waals surface area contributed by atoms with Gasteiger partial charge in [0.05, 0.1) is 12.5 Å². The summed E-state index contributed by atoms with van der Waals surface area (Å²) in [7, 11) is 0. The molecule has 1 aromatic rings. The number of hydrogen-bond acceptors (Lipinski definition) is 3. The van der Waals surface area contributed by atoms with Crippen LogP contribution in [0.25, 0.3) is 0 Å². The topological polar surface area (TPSA) is 75.6 Å². The van der Waals surface area contributed by atoms with E-state index in [2.05, 4.69) is 5.32 Å². The van der Waals surface area contributed by atoms with Crippen molar-refractivity contribution < 1.29 is 19.4 Å². The maximum absolute atomic E-state index is 12.0. The summed E-state index contributed by atoms with van der Waals surface area (Å²) in [5.41, 5.74) is 1.02. The number of rotatable bonds is 6. The number of carboxylic acid groups (broad SMARTS) is 1. The molecule has 21 heavy (non-hydrogen) atoms. The standard InChI is InChI=1S/C16H21NO4/c1-11(21-10-12-5-3-2-4-6-12)15(18)17-14-8-7-13(9-14)16(19)20/h2-6,11,13-14H,7-10H2,1H3,(H,17,18)(H,19,20)/t11?,13-,14+/m0/s1. The molecule has 1 aromatic carbocycles. The van der Waals surface area contributed by atoms with Crippen LogP contribution in [0.1, 0.15) is 31.7 Å². The molecule has 1 aliphatic rings. The number of benzene rings is 1. The third kappa shape index (κ3) is 4.56. The van der Waals surface area contributed by atoms with Gasteiger partial charge in [0, 0.05) is 6.04 Å². The van der Waals surface area contributed by atoms with Crippen LogP contribution in [0, 0.1) is 5.92 Å². The first-order chi connectivity index (χ1) is 10.1. The lowest BCUT2D eigenvalue weighted by Crippen LogP contribution is -2.40. The molecule has 114 valence electrons. The molecule has 0 spiro atoms. The summed E-state index contributed by atoms with van der Waals surface area (Å²) in [6.07, 6.45) is 1.30. The van der Waals surface area contributed by atoms with Crippen molar-refractivity contribution >= 4 is 11.9 Å². The van der Waals surface area contributed by atoms with Crippen LogP contribution in [-0.4, -0.2) is 29.1 Å². The lowest BCUT2D eigenvalue weighted by Gasteiger charge is -2.17. The molecule has 3 atom stereocenters. The molecular formula is C16H21NO4. The number of carbonyl (C=O) groups excluding carboxylic acids is 1. The van der Waals surface area contributed by atoms with Crippen LogP contribution in [0.15, 0.2) is 30.3 Å². The van der Waals surface area contributed by atoms with Gasteiger partial charge in [-0.25, -0.2) is 0 Å².